The molecule has 0 radical (unpaired) electrons. The van der Waals surface area contributed by atoms with Crippen molar-refractivity contribution in [3.63, 3.8) is 0 Å². The summed E-state index contributed by atoms with van der Waals surface area (Å²) >= 11 is 0. The van der Waals surface area contributed by atoms with Crippen LogP contribution >= 0.6 is 0 Å². The number of carboxylic acid groups (broad SMARTS) is 1. The van der Waals surface area contributed by atoms with E-state index in [2.05, 4.69) is 15.5 Å². The van der Waals surface area contributed by atoms with E-state index in [4.69, 9.17) is 5.11 Å². The number of likely N-dealkylation sites (tertiary alicyclic amines) is 1. The second kappa shape index (κ2) is 5.47. The van der Waals surface area contributed by atoms with E-state index < -0.39 is 6.09 Å². The monoisotopic (exact) mass is 329 g/mol. The summed E-state index contributed by atoms with van der Waals surface area (Å²) in [6.45, 7) is 1.83. The molecule has 1 saturated carbocycles. The first-order valence-electron chi connectivity index (χ1n) is 8.14. The highest BCUT2D eigenvalue weighted by molar-refractivity contribution is 5.94. The van der Waals surface area contributed by atoms with Gasteiger partial charge in [0.1, 0.15) is 0 Å². The third kappa shape index (κ3) is 2.57. The van der Waals surface area contributed by atoms with Crippen LogP contribution in [0.2, 0.25) is 0 Å². The fourth-order valence-corrected chi connectivity index (χ4v) is 3.74. The van der Waals surface area contributed by atoms with Crippen molar-refractivity contribution in [2.45, 2.75) is 19.3 Å². The summed E-state index contributed by atoms with van der Waals surface area (Å²) in [6, 6.07) is 3.57. The molecule has 1 unspecified atom stereocenters. The van der Waals surface area contributed by atoms with Crippen molar-refractivity contribution in [2.75, 3.05) is 19.6 Å². The molecule has 24 heavy (non-hydrogen) atoms. The summed E-state index contributed by atoms with van der Waals surface area (Å²) in [5, 5.41) is 20.1. The van der Waals surface area contributed by atoms with Gasteiger partial charge in [-0.25, -0.2) is 4.79 Å². The standard InChI is InChI=1S/C16H19N5O3/c22-14(11-7-13-1-4-18-21(13)19-9-11)17-10-12-8-16(12)2-5-20(6-3-16)15(23)24/h1,4,7,9,12H,2-3,5-6,8,10H2,(H,17,22)(H,23,24). The van der Waals surface area contributed by atoms with Gasteiger partial charge >= 0.3 is 6.09 Å². The van der Waals surface area contributed by atoms with E-state index in [0.717, 1.165) is 24.8 Å². The molecule has 0 aromatic carbocycles. The van der Waals surface area contributed by atoms with Gasteiger partial charge in [0.15, 0.2) is 0 Å². The molecule has 2 aromatic heterocycles. The first-order valence-corrected chi connectivity index (χ1v) is 8.14. The number of carbonyl (C=O) groups is 2. The van der Waals surface area contributed by atoms with Gasteiger partial charge in [-0.05, 0) is 42.7 Å². The lowest BCUT2D eigenvalue weighted by atomic mass is 9.91. The van der Waals surface area contributed by atoms with Gasteiger partial charge in [-0.15, -0.1) is 0 Å². The number of carbonyl (C=O) groups excluding carboxylic acids is 1. The minimum absolute atomic E-state index is 0.128. The van der Waals surface area contributed by atoms with Gasteiger partial charge in [0.25, 0.3) is 5.91 Å². The van der Waals surface area contributed by atoms with Gasteiger partial charge in [0.2, 0.25) is 0 Å². The van der Waals surface area contributed by atoms with Crippen LogP contribution in [-0.4, -0.2) is 56.5 Å². The number of nitrogens with zero attached hydrogens (tertiary/aromatic N) is 4. The number of rotatable bonds is 3. The molecule has 1 saturated heterocycles. The predicted octanol–water partition coefficient (Wildman–Crippen LogP) is 1.24. The van der Waals surface area contributed by atoms with Crippen LogP contribution < -0.4 is 5.32 Å². The van der Waals surface area contributed by atoms with Crippen molar-refractivity contribution in [3.8, 4) is 0 Å². The fraction of sp³-hybridized carbons (Fsp3) is 0.500. The Morgan fingerprint density at radius 2 is 2.12 bits per heavy atom. The molecule has 3 heterocycles. The quantitative estimate of drug-likeness (QED) is 0.882. The lowest BCUT2D eigenvalue weighted by Crippen LogP contribution is -2.39. The minimum Gasteiger partial charge on any atom is -0.465 e. The van der Waals surface area contributed by atoms with Crippen LogP contribution in [0, 0.1) is 11.3 Å². The first-order chi connectivity index (χ1) is 11.6. The number of fused-ring (bicyclic) bond motifs is 1. The van der Waals surface area contributed by atoms with E-state index in [9.17, 15) is 9.59 Å². The molecule has 0 bridgehead atoms. The van der Waals surface area contributed by atoms with Gasteiger partial charge in [-0.1, -0.05) is 0 Å². The summed E-state index contributed by atoms with van der Waals surface area (Å²) in [5.74, 6) is 0.320. The number of nitrogens with one attached hydrogen (secondary N) is 1. The Morgan fingerprint density at radius 3 is 2.88 bits per heavy atom. The van der Waals surface area contributed by atoms with Crippen molar-refractivity contribution in [1.82, 2.24) is 25.0 Å². The number of piperidine rings is 1. The maximum atomic E-state index is 12.3. The van der Waals surface area contributed by atoms with Crippen molar-refractivity contribution in [3.05, 3.63) is 30.1 Å². The molecule has 2 amide bonds. The third-order valence-corrected chi connectivity index (χ3v) is 5.42. The molecule has 2 fully saturated rings. The molecule has 4 rings (SSSR count). The third-order valence-electron chi connectivity index (χ3n) is 5.42. The van der Waals surface area contributed by atoms with Crippen LogP contribution in [0.4, 0.5) is 4.79 Å². The molecule has 8 heteroatoms. The average molecular weight is 329 g/mol. The summed E-state index contributed by atoms with van der Waals surface area (Å²) in [6.07, 6.45) is 5.18. The topological polar surface area (TPSA) is 99.8 Å². The Labute approximate surface area is 138 Å². The van der Waals surface area contributed by atoms with E-state index in [1.165, 1.54) is 15.7 Å². The fourth-order valence-electron chi connectivity index (χ4n) is 3.74. The Kier molecular flexibility index (Phi) is 3.40. The molecule has 2 aromatic rings. The molecule has 126 valence electrons. The van der Waals surface area contributed by atoms with Crippen molar-refractivity contribution in [2.24, 2.45) is 11.3 Å². The molecule has 8 nitrogen and oxygen atoms in total. The zero-order chi connectivity index (χ0) is 16.7. The summed E-state index contributed by atoms with van der Waals surface area (Å²) < 4.78 is 1.48. The highest BCUT2D eigenvalue weighted by atomic mass is 16.4. The zero-order valence-electron chi connectivity index (χ0n) is 13.2. The second-order valence-electron chi connectivity index (χ2n) is 6.73. The van der Waals surface area contributed by atoms with Crippen LogP contribution in [0.15, 0.2) is 24.5 Å². The summed E-state index contributed by atoms with van der Waals surface area (Å²) in [5.41, 5.74) is 1.54. The number of hydrogen-bond donors (Lipinski definition) is 2. The van der Waals surface area contributed by atoms with Gasteiger partial charge in [-0.3, -0.25) is 4.79 Å². The minimum atomic E-state index is -0.835. The van der Waals surface area contributed by atoms with E-state index in [0.29, 0.717) is 31.1 Å². The molecule has 1 aliphatic heterocycles. The van der Waals surface area contributed by atoms with Gasteiger partial charge in [0.05, 0.1) is 23.5 Å². The van der Waals surface area contributed by atoms with Crippen molar-refractivity contribution in [1.29, 1.82) is 0 Å². The Bertz CT molecular complexity index is 794. The summed E-state index contributed by atoms with van der Waals surface area (Å²) in [7, 11) is 0. The second-order valence-corrected chi connectivity index (χ2v) is 6.73. The van der Waals surface area contributed by atoms with Crippen molar-refractivity contribution >= 4 is 17.5 Å². The molecule has 2 N–H and O–H groups in total. The largest absolute Gasteiger partial charge is 0.465 e. The Morgan fingerprint density at radius 1 is 1.33 bits per heavy atom. The smallest absolute Gasteiger partial charge is 0.407 e. The SMILES string of the molecule is O=C(NCC1CC12CCN(C(=O)O)CC2)c1cnn2nccc2c1. The predicted molar refractivity (Wildman–Crippen MR) is 84.7 cm³/mol. The lowest BCUT2D eigenvalue weighted by molar-refractivity contribution is 0.0946. The van der Waals surface area contributed by atoms with Crippen LogP contribution in [0.5, 0.6) is 0 Å². The van der Waals surface area contributed by atoms with E-state index in [1.807, 2.05) is 0 Å². The maximum Gasteiger partial charge on any atom is 0.407 e. The van der Waals surface area contributed by atoms with E-state index in [1.54, 1.807) is 18.3 Å². The van der Waals surface area contributed by atoms with Crippen LogP contribution in [0.3, 0.4) is 0 Å². The van der Waals surface area contributed by atoms with Crippen molar-refractivity contribution < 1.29 is 14.7 Å². The highest BCUT2D eigenvalue weighted by Gasteiger charge is 2.54. The van der Waals surface area contributed by atoms with Crippen LogP contribution in [0.1, 0.15) is 29.6 Å². The highest BCUT2D eigenvalue weighted by Crippen LogP contribution is 2.58. The normalized spacial score (nSPS) is 21.8. The number of aromatic nitrogens is 3. The molecule has 2 aliphatic rings. The summed E-state index contributed by atoms with van der Waals surface area (Å²) in [4.78, 5) is 24.7. The zero-order valence-corrected chi connectivity index (χ0v) is 13.2. The first kappa shape index (κ1) is 14.9. The molecule has 1 spiro atoms. The molecule has 1 atom stereocenters. The van der Waals surface area contributed by atoms with Gasteiger partial charge in [0, 0.05) is 19.6 Å². The van der Waals surface area contributed by atoms with Crippen LogP contribution in [-0.2, 0) is 0 Å². The molecular weight excluding hydrogens is 310 g/mol. The molecular formula is C16H19N5O3. The maximum absolute atomic E-state index is 12.3. The van der Waals surface area contributed by atoms with Gasteiger partial charge in [-0.2, -0.15) is 14.8 Å². The van der Waals surface area contributed by atoms with Gasteiger partial charge < -0.3 is 15.3 Å². The number of hydrogen-bond acceptors (Lipinski definition) is 4. The van der Waals surface area contributed by atoms with E-state index >= 15 is 0 Å². The lowest BCUT2D eigenvalue weighted by Gasteiger charge is -2.31. The van der Waals surface area contributed by atoms with Crippen LogP contribution in [0.25, 0.3) is 5.52 Å². The Hall–Kier alpha value is -2.64. The number of amides is 2. The Balaban J connectivity index is 1.31. The molecule has 1 aliphatic carbocycles. The van der Waals surface area contributed by atoms with E-state index in [-0.39, 0.29) is 11.3 Å². The average Bonchev–Trinajstić information content (AvgIpc) is 3.04.